The minimum absolute atomic E-state index is 0.189. The fourth-order valence-corrected chi connectivity index (χ4v) is 2.37. The van der Waals surface area contributed by atoms with E-state index in [1.54, 1.807) is 7.11 Å². The molecule has 8 nitrogen and oxygen atoms in total. The first-order valence-corrected chi connectivity index (χ1v) is 8.54. The zero-order valence-corrected chi connectivity index (χ0v) is 16.6. The molecule has 1 aromatic heterocycles. The van der Waals surface area contributed by atoms with Crippen molar-refractivity contribution in [2.75, 3.05) is 34.5 Å². The van der Waals surface area contributed by atoms with Crippen molar-refractivity contribution in [3.63, 3.8) is 0 Å². The first-order chi connectivity index (χ1) is 12.8. The molecule has 1 heterocycles. The molecule has 8 heteroatoms. The Hall–Kier alpha value is -2.58. The average Bonchev–Trinajstić information content (AvgIpc) is 2.95. The highest BCUT2D eigenvalue weighted by atomic mass is 16.7. The third-order valence-electron chi connectivity index (χ3n) is 3.82. The van der Waals surface area contributed by atoms with E-state index < -0.39 is 12.0 Å². The lowest BCUT2D eigenvalue weighted by atomic mass is 10.1. The number of aryl methyl sites for hydroxylation is 1. The lowest BCUT2D eigenvalue weighted by Crippen LogP contribution is -2.29. The molecule has 0 bridgehead atoms. The number of hydrogen-bond acceptors (Lipinski definition) is 7. The van der Waals surface area contributed by atoms with Gasteiger partial charge in [-0.2, -0.15) is 0 Å². The van der Waals surface area contributed by atoms with Gasteiger partial charge in [0.2, 0.25) is 6.79 Å². The number of nitrogens with zero attached hydrogens (tertiary/aromatic N) is 2. The molecule has 1 aromatic carbocycles. The highest BCUT2D eigenvalue weighted by Crippen LogP contribution is 2.25. The SMILES string of the molecule is CC(N)C(=O)OCOC=O.COc1ccc2c(CCN(C)C)cn(C)c2c1. The number of carbonyl (C=O) groups is 2. The van der Waals surface area contributed by atoms with Crippen LogP contribution in [0.25, 0.3) is 10.9 Å². The Morgan fingerprint density at radius 3 is 2.63 bits per heavy atom. The summed E-state index contributed by atoms with van der Waals surface area (Å²) >= 11 is 0. The zero-order valence-electron chi connectivity index (χ0n) is 16.6. The summed E-state index contributed by atoms with van der Waals surface area (Å²) in [6.07, 6.45) is 3.30. The summed E-state index contributed by atoms with van der Waals surface area (Å²) in [7, 11) is 8.00. The zero-order chi connectivity index (χ0) is 20.4. The predicted molar refractivity (Wildman–Crippen MR) is 103 cm³/mol. The second-order valence-electron chi connectivity index (χ2n) is 6.33. The summed E-state index contributed by atoms with van der Waals surface area (Å²) in [5.74, 6) is 0.319. The van der Waals surface area contributed by atoms with Crippen LogP contribution in [-0.2, 0) is 32.5 Å². The minimum atomic E-state index is -0.685. The number of methoxy groups -OCH3 is 1. The van der Waals surface area contributed by atoms with Gasteiger partial charge in [0.15, 0.2) is 0 Å². The maximum atomic E-state index is 10.5. The van der Waals surface area contributed by atoms with Crippen molar-refractivity contribution in [3.8, 4) is 5.75 Å². The molecule has 1 atom stereocenters. The highest BCUT2D eigenvalue weighted by Gasteiger charge is 2.08. The van der Waals surface area contributed by atoms with E-state index in [9.17, 15) is 9.59 Å². The van der Waals surface area contributed by atoms with Crippen LogP contribution in [0.5, 0.6) is 5.75 Å². The number of carbonyl (C=O) groups excluding carboxylic acids is 2. The molecule has 0 aliphatic rings. The highest BCUT2D eigenvalue weighted by molar-refractivity contribution is 5.85. The summed E-state index contributed by atoms with van der Waals surface area (Å²) in [4.78, 5) is 22.2. The first kappa shape index (κ1) is 22.5. The lowest BCUT2D eigenvalue weighted by molar-refractivity contribution is -0.160. The van der Waals surface area contributed by atoms with Crippen LogP contribution in [0.2, 0.25) is 0 Å². The number of rotatable bonds is 8. The van der Waals surface area contributed by atoms with Crippen LogP contribution < -0.4 is 10.5 Å². The van der Waals surface area contributed by atoms with Gasteiger partial charge in [-0.3, -0.25) is 9.59 Å². The van der Waals surface area contributed by atoms with Gasteiger partial charge in [-0.05, 0) is 45.1 Å². The van der Waals surface area contributed by atoms with E-state index in [0.29, 0.717) is 0 Å². The second-order valence-corrected chi connectivity index (χ2v) is 6.33. The Kier molecular flexibility index (Phi) is 9.32. The number of fused-ring (bicyclic) bond motifs is 1. The topological polar surface area (TPSA) is 96.0 Å². The van der Waals surface area contributed by atoms with E-state index in [1.165, 1.54) is 23.4 Å². The van der Waals surface area contributed by atoms with Crippen molar-refractivity contribution < 1.29 is 23.8 Å². The van der Waals surface area contributed by atoms with Gasteiger partial charge in [0, 0.05) is 31.2 Å². The van der Waals surface area contributed by atoms with Crippen LogP contribution in [0, 0.1) is 0 Å². The van der Waals surface area contributed by atoms with Crippen LogP contribution in [0.3, 0.4) is 0 Å². The molecule has 2 rings (SSSR count). The molecule has 0 saturated heterocycles. The molecular formula is C19H29N3O5. The Bertz CT molecular complexity index is 740. The number of aromatic nitrogens is 1. The number of hydrogen-bond donors (Lipinski definition) is 1. The molecule has 150 valence electrons. The van der Waals surface area contributed by atoms with Gasteiger partial charge >= 0.3 is 5.97 Å². The Labute approximate surface area is 159 Å². The van der Waals surface area contributed by atoms with E-state index in [0.717, 1.165) is 18.7 Å². The fraction of sp³-hybridized carbons (Fsp3) is 0.474. The largest absolute Gasteiger partial charge is 0.497 e. The number of likely N-dealkylation sites (N-methyl/N-ethyl adjacent to an activating group) is 1. The molecule has 2 aromatic rings. The van der Waals surface area contributed by atoms with Crippen LogP contribution in [0.1, 0.15) is 12.5 Å². The van der Waals surface area contributed by atoms with Crippen molar-refractivity contribution in [2.24, 2.45) is 12.8 Å². The van der Waals surface area contributed by atoms with Crippen molar-refractivity contribution >= 4 is 23.3 Å². The Balaban J connectivity index is 0.000000314. The standard InChI is InChI=1S/C14H20N2O.C5H9NO4/c1-15(2)8-7-11-10-16(3)14-9-12(17-4)5-6-13(11)14;1-4(6)5(8)10-3-9-2-7/h5-6,9-10H,7-8H2,1-4H3;2,4H,3,6H2,1H3. The molecule has 2 N–H and O–H groups in total. The molecule has 0 saturated carbocycles. The monoisotopic (exact) mass is 379 g/mol. The summed E-state index contributed by atoms with van der Waals surface area (Å²) in [6, 6.07) is 5.59. The molecule has 1 unspecified atom stereocenters. The molecule has 0 radical (unpaired) electrons. The van der Waals surface area contributed by atoms with Gasteiger partial charge in [0.05, 0.1) is 12.6 Å². The number of nitrogens with two attached hydrogens (primary N) is 1. The molecule has 0 spiro atoms. The van der Waals surface area contributed by atoms with Crippen LogP contribution in [-0.4, -0.2) is 62.5 Å². The van der Waals surface area contributed by atoms with Gasteiger partial charge < -0.3 is 29.4 Å². The summed E-state index contributed by atoms with van der Waals surface area (Å²) in [6.45, 7) is 2.37. The minimum Gasteiger partial charge on any atom is -0.497 e. The number of ether oxygens (including phenoxy) is 3. The molecular weight excluding hydrogens is 350 g/mol. The van der Waals surface area contributed by atoms with Crippen LogP contribution >= 0.6 is 0 Å². The van der Waals surface area contributed by atoms with E-state index in [4.69, 9.17) is 10.5 Å². The third-order valence-corrected chi connectivity index (χ3v) is 3.82. The van der Waals surface area contributed by atoms with Gasteiger partial charge in [0.25, 0.3) is 6.47 Å². The lowest BCUT2D eigenvalue weighted by Gasteiger charge is -2.08. The third kappa shape index (κ3) is 7.28. The van der Waals surface area contributed by atoms with Gasteiger partial charge in [-0.15, -0.1) is 0 Å². The molecule has 0 fully saturated rings. The van der Waals surface area contributed by atoms with Gasteiger partial charge in [-0.25, -0.2) is 0 Å². The maximum Gasteiger partial charge on any atom is 0.325 e. The first-order valence-electron chi connectivity index (χ1n) is 8.54. The number of benzene rings is 1. The van der Waals surface area contributed by atoms with Crippen molar-refractivity contribution in [2.45, 2.75) is 19.4 Å². The maximum absolute atomic E-state index is 10.5. The van der Waals surface area contributed by atoms with E-state index in [2.05, 4.69) is 58.4 Å². The van der Waals surface area contributed by atoms with Crippen molar-refractivity contribution in [1.82, 2.24) is 9.47 Å². The Morgan fingerprint density at radius 1 is 1.37 bits per heavy atom. The van der Waals surface area contributed by atoms with E-state index in [1.807, 2.05) is 6.07 Å². The molecule has 0 aliphatic carbocycles. The van der Waals surface area contributed by atoms with Crippen molar-refractivity contribution in [3.05, 3.63) is 30.0 Å². The van der Waals surface area contributed by atoms with Crippen LogP contribution in [0.15, 0.2) is 24.4 Å². The molecule has 0 amide bonds. The smallest absolute Gasteiger partial charge is 0.325 e. The quantitative estimate of drug-likeness (QED) is 0.320. The number of esters is 1. The summed E-state index contributed by atoms with van der Waals surface area (Å²) < 4.78 is 15.8. The van der Waals surface area contributed by atoms with E-state index in [-0.39, 0.29) is 13.3 Å². The van der Waals surface area contributed by atoms with Crippen molar-refractivity contribution in [1.29, 1.82) is 0 Å². The normalized spacial score (nSPS) is 11.5. The summed E-state index contributed by atoms with van der Waals surface area (Å²) in [5, 5.41) is 1.33. The van der Waals surface area contributed by atoms with E-state index >= 15 is 0 Å². The Morgan fingerprint density at radius 2 is 2.07 bits per heavy atom. The second kappa shape index (κ2) is 11.2. The predicted octanol–water partition coefficient (Wildman–Crippen LogP) is 1.30. The molecule has 0 aliphatic heterocycles. The van der Waals surface area contributed by atoms with Crippen LogP contribution in [0.4, 0.5) is 0 Å². The van der Waals surface area contributed by atoms with Gasteiger partial charge in [-0.1, -0.05) is 0 Å². The molecule has 27 heavy (non-hydrogen) atoms. The fourth-order valence-electron chi connectivity index (χ4n) is 2.37. The average molecular weight is 379 g/mol. The van der Waals surface area contributed by atoms with Gasteiger partial charge in [0.1, 0.15) is 11.8 Å². The summed E-state index contributed by atoms with van der Waals surface area (Å²) in [5.41, 5.74) is 7.74.